The smallest absolute Gasteiger partial charge is 0.135 e. The van der Waals surface area contributed by atoms with Crippen LogP contribution in [0.25, 0.3) is 11.0 Å². The van der Waals surface area contributed by atoms with Crippen LogP contribution in [0.2, 0.25) is 0 Å². The quantitative estimate of drug-likeness (QED) is 0.896. The summed E-state index contributed by atoms with van der Waals surface area (Å²) in [4.78, 5) is 2.38. The summed E-state index contributed by atoms with van der Waals surface area (Å²) in [5, 5.41) is 1.18. The summed E-state index contributed by atoms with van der Waals surface area (Å²) in [5.74, 6) is 0. The number of nitrogens with two attached hydrogens (primary N) is 1. The molecule has 96 valence electrons. The average molecular weight is 246 g/mol. The highest BCUT2D eigenvalue weighted by Gasteiger charge is 2.18. The zero-order valence-corrected chi connectivity index (χ0v) is 10.4. The fourth-order valence-corrected chi connectivity index (χ4v) is 2.59. The Morgan fingerprint density at radius 3 is 2.78 bits per heavy atom. The van der Waals surface area contributed by atoms with Crippen molar-refractivity contribution >= 4 is 16.7 Å². The maximum atomic E-state index is 5.71. The van der Waals surface area contributed by atoms with Gasteiger partial charge in [-0.1, -0.05) is 6.07 Å². The highest BCUT2D eigenvalue weighted by atomic mass is 16.5. The highest BCUT2D eigenvalue weighted by Crippen LogP contribution is 2.32. The Bertz CT molecular complexity index is 530. The van der Waals surface area contributed by atoms with Crippen molar-refractivity contribution in [1.29, 1.82) is 0 Å². The third-order valence-corrected chi connectivity index (χ3v) is 3.43. The standard InChI is InChI=1S/C14H18N2O2/c15-5-3-11-1-2-13-12(4-8-18-13)14(11)16-6-9-17-10-7-16/h1-2,4,8H,3,5-7,9-10,15H2. The third-order valence-electron chi connectivity index (χ3n) is 3.43. The second kappa shape index (κ2) is 5.00. The second-order valence-corrected chi connectivity index (χ2v) is 4.54. The van der Waals surface area contributed by atoms with Gasteiger partial charge in [-0.05, 0) is 30.7 Å². The van der Waals surface area contributed by atoms with Gasteiger partial charge in [-0.15, -0.1) is 0 Å². The number of hydrogen-bond acceptors (Lipinski definition) is 4. The molecule has 0 aliphatic carbocycles. The lowest BCUT2D eigenvalue weighted by molar-refractivity contribution is 0.123. The van der Waals surface area contributed by atoms with Gasteiger partial charge in [0, 0.05) is 18.5 Å². The van der Waals surface area contributed by atoms with Crippen LogP contribution in [0.3, 0.4) is 0 Å². The first-order valence-electron chi connectivity index (χ1n) is 6.42. The van der Waals surface area contributed by atoms with Crippen LogP contribution in [-0.2, 0) is 11.2 Å². The molecular formula is C14H18N2O2. The zero-order chi connectivity index (χ0) is 12.4. The van der Waals surface area contributed by atoms with E-state index < -0.39 is 0 Å². The molecule has 0 amide bonds. The summed E-state index contributed by atoms with van der Waals surface area (Å²) in [5.41, 5.74) is 9.23. The number of benzene rings is 1. The van der Waals surface area contributed by atoms with Gasteiger partial charge in [0.05, 0.1) is 25.2 Å². The van der Waals surface area contributed by atoms with Crippen molar-refractivity contribution in [2.75, 3.05) is 37.7 Å². The summed E-state index contributed by atoms with van der Waals surface area (Å²) >= 11 is 0. The molecule has 0 spiro atoms. The van der Waals surface area contributed by atoms with Gasteiger partial charge in [0.15, 0.2) is 0 Å². The van der Waals surface area contributed by atoms with Crippen molar-refractivity contribution in [2.24, 2.45) is 5.73 Å². The number of hydrogen-bond donors (Lipinski definition) is 1. The number of morpholine rings is 1. The van der Waals surface area contributed by atoms with Crippen LogP contribution in [0, 0.1) is 0 Å². The van der Waals surface area contributed by atoms with Crippen molar-refractivity contribution in [3.05, 3.63) is 30.0 Å². The number of anilines is 1. The van der Waals surface area contributed by atoms with Crippen molar-refractivity contribution < 1.29 is 9.15 Å². The van der Waals surface area contributed by atoms with E-state index in [2.05, 4.69) is 11.0 Å². The number of ether oxygens (including phenoxy) is 1. The Kier molecular flexibility index (Phi) is 3.21. The van der Waals surface area contributed by atoms with E-state index in [1.165, 1.54) is 16.6 Å². The molecule has 1 saturated heterocycles. The van der Waals surface area contributed by atoms with Gasteiger partial charge in [-0.2, -0.15) is 0 Å². The monoisotopic (exact) mass is 246 g/mol. The van der Waals surface area contributed by atoms with Crippen molar-refractivity contribution in [1.82, 2.24) is 0 Å². The first-order chi connectivity index (χ1) is 8.90. The lowest BCUT2D eigenvalue weighted by atomic mass is 10.0. The highest BCUT2D eigenvalue weighted by molar-refractivity contribution is 5.93. The Balaban J connectivity index is 2.09. The van der Waals surface area contributed by atoms with Gasteiger partial charge in [0.2, 0.25) is 0 Å². The molecule has 2 heterocycles. The number of furan rings is 1. The minimum Gasteiger partial charge on any atom is -0.464 e. The molecule has 0 radical (unpaired) electrons. The summed E-state index contributed by atoms with van der Waals surface area (Å²) in [7, 11) is 0. The molecule has 4 nitrogen and oxygen atoms in total. The summed E-state index contributed by atoms with van der Waals surface area (Å²) in [6, 6.07) is 6.20. The molecule has 0 bridgehead atoms. The summed E-state index contributed by atoms with van der Waals surface area (Å²) in [6.45, 7) is 4.11. The first-order valence-corrected chi connectivity index (χ1v) is 6.42. The first kappa shape index (κ1) is 11.6. The Morgan fingerprint density at radius 2 is 2.00 bits per heavy atom. The minimum atomic E-state index is 0.667. The molecular weight excluding hydrogens is 228 g/mol. The molecule has 1 aromatic heterocycles. The minimum absolute atomic E-state index is 0.667. The SMILES string of the molecule is NCCc1ccc2occc2c1N1CCOCC1. The van der Waals surface area contributed by atoms with E-state index in [0.29, 0.717) is 6.54 Å². The predicted octanol–water partition coefficient (Wildman–Crippen LogP) is 1.77. The zero-order valence-electron chi connectivity index (χ0n) is 10.4. The molecule has 2 N–H and O–H groups in total. The van der Waals surface area contributed by atoms with Crippen LogP contribution >= 0.6 is 0 Å². The lowest BCUT2D eigenvalue weighted by Crippen LogP contribution is -2.37. The Labute approximate surface area is 106 Å². The summed E-state index contributed by atoms with van der Waals surface area (Å²) in [6.07, 6.45) is 2.65. The predicted molar refractivity (Wildman–Crippen MR) is 72.0 cm³/mol. The Morgan fingerprint density at radius 1 is 1.17 bits per heavy atom. The van der Waals surface area contributed by atoms with Crippen LogP contribution in [0.4, 0.5) is 5.69 Å². The largest absolute Gasteiger partial charge is 0.464 e. The van der Waals surface area contributed by atoms with Crippen LogP contribution in [0.1, 0.15) is 5.56 Å². The molecule has 1 aliphatic rings. The van der Waals surface area contributed by atoms with E-state index in [1.807, 2.05) is 12.1 Å². The maximum absolute atomic E-state index is 5.71. The molecule has 2 aromatic rings. The van der Waals surface area contributed by atoms with Gasteiger partial charge in [-0.3, -0.25) is 0 Å². The molecule has 18 heavy (non-hydrogen) atoms. The van der Waals surface area contributed by atoms with E-state index in [-0.39, 0.29) is 0 Å². The van der Waals surface area contributed by atoms with E-state index in [4.69, 9.17) is 14.9 Å². The van der Waals surface area contributed by atoms with Crippen molar-refractivity contribution in [3.63, 3.8) is 0 Å². The average Bonchev–Trinajstić information content (AvgIpc) is 2.88. The van der Waals surface area contributed by atoms with Gasteiger partial charge >= 0.3 is 0 Å². The van der Waals surface area contributed by atoms with Crippen molar-refractivity contribution in [2.45, 2.75) is 6.42 Å². The normalized spacial score (nSPS) is 16.4. The molecule has 1 aliphatic heterocycles. The lowest BCUT2D eigenvalue weighted by Gasteiger charge is -2.31. The summed E-state index contributed by atoms with van der Waals surface area (Å²) < 4.78 is 10.9. The Hall–Kier alpha value is -1.52. The molecule has 3 rings (SSSR count). The number of rotatable bonds is 3. The van der Waals surface area contributed by atoms with E-state index in [0.717, 1.165) is 38.3 Å². The van der Waals surface area contributed by atoms with Crippen molar-refractivity contribution in [3.8, 4) is 0 Å². The van der Waals surface area contributed by atoms with E-state index in [1.54, 1.807) is 6.26 Å². The fraction of sp³-hybridized carbons (Fsp3) is 0.429. The van der Waals surface area contributed by atoms with Gasteiger partial charge in [0.1, 0.15) is 5.58 Å². The van der Waals surface area contributed by atoms with E-state index in [9.17, 15) is 0 Å². The van der Waals surface area contributed by atoms with Crippen LogP contribution in [-0.4, -0.2) is 32.8 Å². The van der Waals surface area contributed by atoms with Crippen LogP contribution in [0.5, 0.6) is 0 Å². The number of nitrogens with zero attached hydrogens (tertiary/aromatic N) is 1. The molecule has 1 aromatic carbocycles. The number of fused-ring (bicyclic) bond motifs is 1. The van der Waals surface area contributed by atoms with Gasteiger partial charge in [0.25, 0.3) is 0 Å². The topological polar surface area (TPSA) is 51.6 Å². The second-order valence-electron chi connectivity index (χ2n) is 4.54. The maximum Gasteiger partial charge on any atom is 0.135 e. The molecule has 4 heteroatoms. The van der Waals surface area contributed by atoms with Gasteiger partial charge < -0.3 is 19.8 Å². The van der Waals surface area contributed by atoms with E-state index >= 15 is 0 Å². The molecule has 1 fully saturated rings. The van der Waals surface area contributed by atoms with Crippen LogP contribution < -0.4 is 10.6 Å². The molecule has 0 saturated carbocycles. The third kappa shape index (κ3) is 1.98. The fourth-order valence-electron chi connectivity index (χ4n) is 2.59. The van der Waals surface area contributed by atoms with Crippen LogP contribution in [0.15, 0.2) is 28.9 Å². The van der Waals surface area contributed by atoms with Gasteiger partial charge in [-0.25, -0.2) is 0 Å². The molecule has 0 unspecified atom stereocenters. The molecule has 0 atom stereocenters.